The van der Waals surface area contributed by atoms with Crippen molar-refractivity contribution in [3.8, 4) is 11.8 Å². The summed E-state index contributed by atoms with van der Waals surface area (Å²) in [6.45, 7) is 6.53. The van der Waals surface area contributed by atoms with E-state index < -0.39 is 0 Å². The zero-order chi connectivity index (χ0) is 21.8. The van der Waals surface area contributed by atoms with Crippen LogP contribution in [0.5, 0.6) is 0 Å². The van der Waals surface area contributed by atoms with Crippen LogP contribution in [0.25, 0.3) is 10.9 Å². The lowest BCUT2D eigenvalue weighted by Gasteiger charge is -2.48. The molecule has 31 heavy (non-hydrogen) atoms. The molecular weight excluding hydrogens is 392 g/mol. The monoisotopic (exact) mass is 424 g/mol. The lowest BCUT2D eigenvalue weighted by atomic mass is 9.89. The Morgan fingerprint density at radius 1 is 1.32 bits per heavy atom. The van der Waals surface area contributed by atoms with Gasteiger partial charge >= 0.3 is 0 Å². The van der Waals surface area contributed by atoms with Gasteiger partial charge in [-0.3, -0.25) is 9.69 Å². The number of carbonyl (C=O) groups is 1. The molecule has 2 saturated heterocycles. The number of para-hydroxylation sites is 1. The van der Waals surface area contributed by atoms with Crippen molar-refractivity contribution in [3.05, 3.63) is 30.0 Å². The van der Waals surface area contributed by atoms with Crippen molar-refractivity contribution in [2.45, 2.75) is 63.7 Å². The van der Waals surface area contributed by atoms with Crippen LogP contribution in [0.15, 0.2) is 24.3 Å². The summed E-state index contributed by atoms with van der Waals surface area (Å²) in [6, 6.07) is 8.35. The molecule has 2 aromatic rings. The molecule has 1 aromatic carbocycles. The maximum atomic E-state index is 13.2. The second kappa shape index (κ2) is 9.82. The maximum Gasteiger partial charge on any atom is 0.272 e. The highest BCUT2D eigenvalue weighted by Gasteiger charge is 2.39. The number of benzene rings is 1. The maximum absolute atomic E-state index is 13.2. The molecule has 7 nitrogen and oxygen atoms in total. The first-order chi connectivity index (χ1) is 15.1. The highest BCUT2D eigenvalue weighted by Crippen LogP contribution is 2.29. The van der Waals surface area contributed by atoms with Gasteiger partial charge in [0, 0.05) is 23.5 Å². The van der Waals surface area contributed by atoms with E-state index in [1.165, 1.54) is 12.8 Å². The Hall–Kier alpha value is -2.40. The average Bonchev–Trinajstić information content (AvgIpc) is 3.16. The molecule has 7 heteroatoms. The SMILES string of the molecule is CCCCN1C2COCC1CC(NC(=O)c1nn(C(C)C#CCO)c3ccccc13)C2. The minimum Gasteiger partial charge on any atom is -0.384 e. The fourth-order valence-electron chi connectivity index (χ4n) is 4.87. The van der Waals surface area contributed by atoms with E-state index in [2.05, 4.69) is 34.1 Å². The summed E-state index contributed by atoms with van der Waals surface area (Å²) in [6.07, 6.45) is 4.20. The first-order valence-electron chi connectivity index (χ1n) is 11.3. The Morgan fingerprint density at radius 2 is 2.06 bits per heavy atom. The molecule has 3 unspecified atom stereocenters. The third kappa shape index (κ3) is 4.62. The van der Waals surface area contributed by atoms with E-state index in [0.717, 1.165) is 43.5 Å². The predicted octanol–water partition coefficient (Wildman–Crippen LogP) is 2.35. The molecule has 0 radical (unpaired) electrons. The summed E-state index contributed by atoms with van der Waals surface area (Å²) in [5.74, 6) is 5.52. The van der Waals surface area contributed by atoms with Crippen LogP contribution in [0, 0.1) is 11.8 Å². The molecule has 0 saturated carbocycles. The lowest BCUT2D eigenvalue weighted by Crippen LogP contribution is -2.60. The number of fused-ring (bicyclic) bond motifs is 3. The van der Waals surface area contributed by atoms with Crippen LogP contribution in [-0.2, 0) is 4.74 Å². The van der Waals surface area contributed by atoms with Crippen LogP contribution in [0.2, 0.25) is 0 Å². The molecule has 3 heterocycles. The smallest absolute Gasteiger partial charge is 0.272 e. The van der Waals surface area contributed by atoms with Crippen molar-refractivity contribution in [1.29, 1.82) is 0 Å². The molecule has 0 aliphatic carbocycles. The van der Waals surface area contributed by atoms with Gasteiger partial charge in [-0.2, -0.15) is 5.10 Å². The van der Waals surface area contributed by atoms with Gasteiger partial charge in [0.15, 0.2) is 5.69 Å². The highest BCUT2D eigenvalue weighted by atomic mass is 16.5. The van der Waals surface area contributed by atoms with Crippen molar-refractivity contribution < 1.29 is 14.6 Å². The van der Waals surface area contributed by atoms with Crippen molar-refractivity contribution in [2.75, 3.05) is 26.4 Å². The number of rotatable bonds is 6. The van der Waals surface area contributed by atoms with Gasteiger partial charge in [0.05, 0.1) is 18.7 Å². The molecule has 1 amide bonds. The Labute approximate surface area is 183 Å². The summed E-state index contributed by atoms with van der Waals surface area (Å²) in [5, 5.41) is 17.7. The van der Waals surface area contributed by atoms with Gasteiger partial charge in [0.2, 0.25) is 0 Å². The minimum absolute atomic E-state index is 0.125. The Bertz CT molecular complexity index is 962. The number of hydrogen-bond donors (Lipinski definition) is 2. The topological polar surface area (TPSA) is 79.6 Å². The summed E-state index contributed by atoms with van der Waals surface area (Å²) in [7, 11) is 0. The molecule has 2 N–H and O–H groups in total. The van der Waals surface area contributed by atoms with E-state index in [-0.39, 0.29) is 24.6 Å². The van der Waals surface area contributed by atoms with Crippen LogP contribution in [0.4, 0.5) is 0 Å². The zero-order valence-corrected chi connectivity index (χ0v) is 18.4. The van der Waals surface area contributed by atoms with E-state index in [0.29, 0.717) is 17.8 Å². The molecule has 2 bridgehead atoms. The minimum atomic E-state index is -0.239. The number of aromatic nitrogens is 2. The van der Waals surface area contributed by atoms with Gasteiger partial charge in [-0.15, -0.1) is 0 Å². The number of amides is 1. The quantitative estimate of drug-likeness (QED) is 0.696. The van der Waals surface area contributed by atoms with Crippen molar-refractivity contribution in [1.82, 2.24) is 20.0 Å². The number of aliphatic hydroxyl groups excluding tert-OH is 1. The van der Waals surface area contributed by atoms with Gasteiger partial charge < -0.3 is 15.2 Å². The summed E-state index contributed by atoms with van der Waals surface area (Å²) < 4.78 is 7.57. The standard InChI is InChI=1S/C24H32N4O3/c1-3-4-11-27-19-13-18(14-20(27)16-31-15-19)25-24(30)23-21-9-5-6-10-22(21)28(26-23)17(2)8-7-12-29/h5-6,9-10,17-20,29H,3-4,11-16H2,1-2H3,(H,25,30). The number of nitrogens with one attached hydrogen (secondary N) is 1. The molecule has 1 aromatic heterocycles. The fraction of sp³-hybridized carbons (Fsp3) is 0.583. The lowest BCUT2D eigenvalue weighted by molar-refractivity contribution is -0.0802. The van der Waals surface area contributed by atoms with Crippen molar-refractivity contribution in [3.63, 3.8) is 0 Å². The van der Waals surface area contributed by atoms with E-state index in [4.69, 9.17) is 9.84 Å². The first-order valence-corrected chi connectivity index (χ1v) is 11.3. The largest absolute Gasteiger partial charge is 0.384 e. The summed E-state index contributed by atoms with van der Waals surface area (Å²) >= 11 is 0. The van der Waals surface area contributed by atoms with Gasteiger partial charge in [0.25, 0.3) is 5.91 Å². The first kappa shape index (κ1) is 21.8. The van der Waals surface area contributed by atoms with Crippen LogP contribution in [0.3, 0.4) is 0 Å². The molecule has 2 aliphatic rings. The van der Waals surface area contributed by atoms with Crippen LogP contribution >= 0.6 is 0 Å². The van der Waals surface area contributed by atoms with Gasteiger partial charge in [-0.1, -0.05) is 43.4 Å². The van der Waals surface area contributed by atoms with E-state index in [1.54, 1.807) is 4.68 Å². The highest BCUT2D eigenvalue weighted by molar-refractivity contribution is 6.05. The average molecular weight is 425 g/mol. The second-order valence-corrected chi connectivity index (χ2v) is 8.54. The second-order valence-electron chi connectivity index (χ2n) is 8.54. The molecule has 166 valence electrons. The summed E-state index contributed by atoms with van der Waals surface area (Å²) in [4.78, 5) is 15.8. The number of piperidine rings is 1. The number of ether oxygens (including phenoxy) is 1. The molecule has 2 fully saturated rings. The van der Waals surface area contributed by atoms with Crippen LogP contribution in [0.1, 0.15) is 56.1 Å². The zero-order valence-electron chi connectivity index (χ0n) is 18.4. The van der Waals surface area contributed by atoms with Crippen molar-refractivity contribution in [2.24, 2.45) is 0 Å². The normalized spacial score (nSPS) is 24.4. The number of hydrogen-bond acceptors (Lipinski definition) is 5. The fourth-order valence-corrected chi connectivity index (χ4v) is 4.87. The number of carbonyl (C=O) groups excluding carboxylic acids is 1. The number of aliphatic hydroxyl groups is 1. The third-order valence-corrected chi connectivity index (χ3v) is 6.36. The molecule has 4 rings (SSSR count). The number of morpholine rings is 1. The van der Waals surface area contributed by atoms with E-state index >= 15 is 0 Å². The van der Waals surface area contributed by atoms with Crippen LogP contribution in [-0.4, -0.2) is 70.2 Å². The van der Waals surface area contributed by atoms with Gasteiger partial charge in [-0.25, -0.2) is 4.68 Å². The Balaban J connectivity index is 1.52. The molecule has 3 atom stereocenters. The summed E-state index contributed by atoms with van der Waals surface area (Å²) in [5.41, 5.74) is 1.30. The van der Waals surface area contributed by atoms with E-state index in [1.807, 2.05) is 31.2 Å². The van der Waals surface area contributed by atoms with Crippen LogP contribution < -0.4 is 5.32 Å². The number of nitrogens with zero attached hydrogens (tertiary/aromatic N) is 3. The van der Waals surface area contributed by atoms with Gasteiger partial charge in [-0.05, 0) is 38.8 Å². The third-order valence-electron chi connectivity index (χ3n) is 6.36. The molecule has 2 aliphatic heterocycles. The molecular formula is C24H32N4O3. The molecule has 0 spiro atoms. The van der Waals surface area contributed by atoms with E-state index in [9.17, 15) is 4.79 Å². The Kier molecular flexibility index (Phi) is 6.91. The Morgan fingerprint density at radius 3 is 2.77 bits per heavy atom. The van der Waals surface area contributed by atoms with Crippen molar-refractivity contribution >= 4 is 16.8 Å². The number of unbranched alkanes of at least 4 members (excludes halogenated alkanes) is 1. The predicted molar refractivity (Wildman–Crippen MR) is 120 cm³/mol. The van der Waals surface area contributed by atoms with Gasteiger partial charge in [0.1, 0.15) is 12.6 Å².